The molecule has 5 nitrogen and oxygen atoms in total. The molecule has 1 spiro atoms. The molecular weight excluding hydrogens is 370 g/mol. The Balaban J connectivity index is 1.80. The molecule has 1 N–H and O–H groups in total. The van der Waals surface area contributed by atoms with Crippen LogP contribution in [0.15, 0.2) is 42.5 Å². The second kappa shape index (κ2) is 7.17. The summed E-state index contributed by atoms with van der Waals surface area (Å²) in [5, 5.41) is 2.88. The fourth-order valence-electron chi connectivity index (χ4n) is 4.13. The van der Waals surface area contributed by atoms with E-state index in [9.17, 15) is 9.59 Å². The maximum atomic E-state index is 13.8. The third kappa shape index (κ3) is 2.87. The normalized spacial score (nSPS) is 20.8. The zero-order valence-corrected chi connectivity index (χ0v) is 17.3. The summed E-state index contributed by atoms with van der Waals surface area (Å²) in [6.07, 6.45) is 0. The molecule has 3 amide bonds. The van der Waals surface area contributed by atoms with Gasteiger partial charge in [0.25, 0.3) is 5.91 Å². The molecule has 2 aliphatic heterocycles. The molecule has 0 aromatic heterocycles. The first-order valence-corrected chi connectivity index (χ1v) is 10.6. The lowest BCUT2D eigenvalue weighted by Gasteiger charge is -2.33. The summed E-state index contributed by atoms with van der Waals surface area (Å²) < 4.78 is 0. The highest BCUT2D eigenvalue weighted by molar-refractivity contribution is 8.01. The van der Waals surface area contributed by atoms with Crippen LogP contribution in [-0.2, 0) is 16.2 Å². The summed E-state index contributed by atoms with van der Waals surface area (Å²) in [6, 6.07) is 14.2. The predicted octanol–water partition coefficient (Wildman–Crippen LogP) is 3.78. The molecule has 0 aliphatic carbocycles. The van der Waals surface area contributed by atoms with Crippen molar-refractivity contribution in [3.63, 3.8) is 0 Å². The van der Waals surface area contributed by atoms with Gasteiger partial charge in [-0.25, -0.2) is 4.79 Å². The standard InChI is InChI=1S/C22H25N3O2S/c1-4-23-21(27)25-10-11-28-22(25)18-13-16(3)8-9-19(18)24(20(22)26)14-17-7-5-6-15(2)12-17/h5-9,12-13H,4,10-11,14H2,1-3H3,(H,23,27). The van der Waals surface area contributed by atoms with E-state index in [4.69, 9.17) is 0 Å². The quantitative estimate of drug-likeness (QED) is 0.860. The van der Waals surface area contributed by atoms with E-state index < -0.39 is 4.87 Å². The van der Waals surface area contributed by atoms with Gasteiger partial charge in [-0.15, -0.1) is 11.8 Å². The molecule has 2 aliphatic rings. The molecule has 1 saturated heterocycles. The van der Waals surface area contributed by atoms with E-state index in [1.807, 2.05) is 43.0 Å². The number of fused-ring (bicyclic) bond motifs is 2. The van der Waals surface area contributed by atoms with Crippen LogP contribution < -0.4 is 10.2 Å². The number of amides is 3. The number of anilines is 1. The van der Waals surface area contributed by atoms with Gasteiger partial charge in [-0.1, -0.05) is 47.5 Å². The lowest BCUT2D eigenvalue weighted by molar-refractivity contribution is -0.123. The summed E-state index contributed by atoms with van der Waals surface area (Å²) in [7, 11) is 0. The van der Waals surface area contributed by atoms with Crippen molar-refractivity contribution in [2.75, 3.05) is 23.7 Å². The van der Waals surface area contributed by atoms with Gasteiger partial charge in [0.2, 0.25) is 0 Å². The molecule has 28 heavy (non-hydrogen) atoms. The van der Waals surface area contributed by atoms with Gasteiger partial charge < -0.3 is 10.2 Å². The lowest BCUT2D eigenvalue weighted by atomic mass is 10.0. The molecule has 6 heteroatoms. The third-order valence-corrected chi connectivity index (χ3v) is 6.76. The zero-order chi connectivity index (χ0) is 19.9. The van der Waals surface area contributed by atoms with Crippen LogP contribution in [0.2, 0.25) is 0 Å². The van der Waals surface area contributed by atoms with Crippen molar-refractivity contribution in [3.8, 4) is 0 Å². The summed E-state index contributed by atoms with van der Waals surface area (Å²) >= 11 is 1.57. The minimum absolute atomic E-state index is 0.0247. The summed E-state index contributed by atoms with van der Waals surface area (Å²) in [5.41, 5.74) is 5.18. The van der Waals surface area contributed by atoms with Crippen LogP contribution in [0, 0.1) is 13.8 Å². The van der Waals surface area contributed by atoms with Crippen molar-refractivity contribution in [2.24, 2.45) is 0 Å². The molecule has 4 rings (SSSR count). The molecule has 2 heterocycles. The van der Waals surface area contributed by atoms with Gasteiger partial charge in [0.1, 0.15) is 0 Å². The molecule has 2 aromatic rings. The van der Waals surface area contributed by atoms with Crippen molar-refractivity contribution in [1.82, 2.24) is 10.2 Å². The Kier molecular flexibility index (Phi) is 4.83. The first-order chi connectivity index (χ1) is 13.5. The maximum absolute atomic E-state index is 13.8. The van der Waals surface area contributed by atoms with Gasteiger partial charge in [0.15, 0.2) is 4.87 Å². The molecule has 1 fully saturated rings. The second-order valence-electron chi connectivity index (χ2n) is 7.38. The van der Waals surface area contributed by atoms with E-state index in [0.29, 0.717) is 19.6 Å². The molecule has 0 saturated carbocycles. The van der Waals surface area contributed by atoms with Crippen LogP contribution >= 0.6 is 11.8 Å². The van der Waals surface area contributed by atoms with Gasteiger partial charge in [0.05, 0.1) is 12.2 Å². The fourth-order valence-corrected chi connectivity index (χ4v) is 5.58. The van der Waals surface area contributed by atoms with E-state index in [2.05, 4.69) is 30.4 Å². The Morgan fingerprint density at radius 3 is 2.71 bits per heavy atom. The van der Waals surface area contributed by atoms with Crippen molar-refractivity contribution >= 4 is 29.4 Å². The van der Waals surface area contributed by atoms with Crippen LogP contribution in [0.1, 0.15) is 29.2 Å². The minimum atomic E-state index is -0.968. The molecule has 0 bridgehead atoms. The number of carbonyl (C=O) groups is 2. The average Bonchev–Trinajstić information content (AvgIpc) is 3.20. The van der Waals surface area contributed by atoms with Crippen molar-refractivity contribution in [3.05, 3.63) is 64.7 Å². The molecule has 0 radical (unpaired) electrons. The minimum Gasteiger partial charge on any atom is -0.338 e. The maximum Gasteiger partial charge on any atom is 0.319 e. The van der Waals surface area contributed by atoms with Gasteiger partial charge >= 0.3 is 6.03 Å². The zero-order valence-electron chi connectivity index (χ0n) is 16.5. The van der Waals surface area contributed by atoms with Crippen molar-refractivity contribution in [1.29, 1.82) is 0 Å². The number of thioether (sulfide) groups is 1. The molecule has 1 atom stereocenters. The number of nitrogens with zero attached hydrogens (tertiary/aromatic N) is 2. The first-order valence-electron chi connectivity index (χ1n) is 9.65. The highest BCUT2D eigenvalue weighted by Gasteiger charge is 2.59. The number of hydrogen-bond donors (Lipinski definition) is 1. The largest absolute Gasteiger partial charge is 0.338 e. The Labute approximate surface area is 170 Å². The van der Waals surface area contributed by atoms with Crippen LogP contribution in [0.5, 0.6) is 0 Å². The molecule has 146 valence electrons. The van der Waals surface area contributed by atoms with Crippen LogP contribution in [-0.4, -0.2) is 35.7 Å². The van der Waals surface area contributed by atoms with Crippen molar-refractivity contribution < 1.29 is 9.59 Å². The van der Waals surface area contributed by atoms with Gasteiger partial charge in [-0.2, -0.15) is 0 Å². The van der Waals surface area contributed by atoms with Crippen LogP contribution in [0.25, 0.3) is 0 Å². The summed E-state index contributed by atoms with van der Waals surface area (Å²) in [6.45, 7) is 7.58. The predicted molar refractivity (Wildman–Crippen MR) is 113 cm³/mol. The van der Waals surface area contributed by atoms with E-state index in [-0.39, 0.29) is 11.9 Å². The van der Waals surface area contributed by atoms with E-state index in [0.717, 1.165) is 28.1 Å². The number of aryl methyl sites for hydroxylation is 2. The molecule has 2 aromatic carbocycles. The molecule has 1 unspecified atom stereocenters. The van der Waals surface area contributed by atoms with Gasteiger partial charge in [-0.3, -0.25) is 9.69 Å². The fraction of sp³-hybridized carbons (Fsp3) is 0.364. The number of hydrogen-bond acceptors (Lipinski definition) is 3. The van der Waals surface area contributed by atoms with Crippen molar-refractivity contribution in [2.45, 2.75) is 32.2 Å². The number of benzene rings is 2. The number of carbonyl (C=O) groups excluding carboxylic acids is 2. The Morgan fingerprint density at radius 2 is 1.96 bits per heavy atom. The second-order valence-corrected chi connectivity index (χ2v) is 8.67. The lowest BCUT2D eigenvalue weighted by Crippen LogP contribution is -2.53. The highest BCUT2D eigenvalue weighted by Crippen LogP contribution is 2.54. The SMILES string of the molecule is CCNC(=O)N1CCSC12C(=O)N(Cc1cccc(C)c1)c1ccc(C)cc12. The highest BCUT2D eigenvalue weighted by atomic mass is 32.2. The number of urea groups is 1. The van der Waals surface area contributed by atoms with Gasteiger partial charge in [0, 0.05) is 24.4 Å². The summed E-state index contributed by atoms with van der Waals surface area (Å²) in [4.78, 5) is 29.2. The Bertz CT molecular complexity index is 945. The number of nitrogens with one attached hydrogen (secondary N) is 1. The molecular formula is C22H25N3O2S. The van der Waals surface area contributed by atoms with E-state index >= 15 is 0 Å². The third-order valence-electron chi connectivity index (χ3n) is 5.35. The topological polar surface area (TPSA) is 52.7 Å². The van der Waals surface area contributed by atoms with Crippen LogP contribution in [0.4, 0.5) is 10.5 Å². The van der Waals surface area contributed by atoms with Gasteiger partial charge in [-0.05, 0) is 32.4 Å². The van der Waals surface area contributed by atoms with E-state index in [1.165, 1.54) is 5.56 Å². The van der Waals surface area contributed by atoms with Crippen LogP contribution in [0.3, 0.4) is 0 Å². The Hall–Kier alpha value is -2.47. The van der Waals surface area contributed by atoms with E-state index in [1.54, 1.807) is 16.7 Å². The average molecular weight is 396 g/mol. The smallest absolute Gasteiger partial charge is 0.319 e. The monoisotopic (exact) mass is 395 g/mol. The number of rotatable bonds is 3. The Morgan fingerprint density at radius 1 is 1.18 bits per heavy atom. The summed E-state index contributed by atoms with van der Waals surface area (Å²) in [5.74, 6) is 0.720. The first kappa shape index (κ1) is 18.9.